The number of hydrogen-bond donors (Lipinski definition) is 2. The van der Waals surface area contributed by atoms with Crippen molar-refractivity contribution < 1.29 is 23.4 Å². The molecule has 0 radical (unpaired) electrons. The van der Waals surface area contributed by atoms with E-state index < -0.39 is 19.0 Å². The topological polar surface area (TPSA) is 70.3 Å². The van der Waals surface area contributed by atoms with Gasteiger partial charge in [-0.25, -0.2) is 0 Å². The first kappa shape index (κ1) is 13.3. The predicted octanol–water partition coefficient (Wildman–Crippen LogP) is 2.08. The fourth-order valence-corrected chi connectivity index (χ4v) is 1.44. The summed E-state index contributed by atoms with van der Waals surface area (Å²) in [6.45, 7) is -3.07. The number of nitriles is 1. The van der Waals surface area contributed by atoms with Crippen molar-refractivity contribution in [2.24, 2.45) is 0 Å². The minimum atomic E-state index is -3.07. The molecule has 1 aromatic carbocycles. The van der Waals surface area contributed by atoms with Gasteiger partial charge in [0.15, 0.2) is 0 Å². The van der Waals surface area contributed by atoms with Gasteiger partial charge in [-0.15, -0.1) is 12.6 Å². The highest BCUT2D eigenvalue weighted by Gasteiger charge is 2.15. The number of ether oxygens (including phenoxy) is 1. The van der Waals surface area contributed by atoms with E-state index in [1.165, 1.54) is 6.07 Å². The average Bonchev–Trinajstić information content (AvgIpc) is 2.20. The van der Waals surface area contributed by atoms with Crippen molar-refractivity contribution in [1.82, 2.24) is 0 Å². The number of carbonyl (C=O) groups is 1. The standard InChI is InChI=1S/C10H7F2NO3S/c11-10(12)16-7-3-8(17)6(4-13)1-5(7)2-9(14)15/h1,3,10,17H,2H2,(H,14,15). The lowest BCUT2D eigenvalue weighted by Crippen LogP contribution is -2.08. The number of carboxylic acids is 1. The Bertz CT molecular complexity index is 485. The molecule has 0 aliphatic carbocycles. The average molecular weight is 259 g/mol. The van der Waals surface area contributed by atoms with E-state index in [0.29, 0.717) is 0 Å². The third kappa shape index (κ3) is 3.60. The van der Waals surface area contributed by atoms with Crippen LogP contribution in [-0.4, -0.2) is 17.7 Å². The Morgan fingerprint density at radius 1 is 1.59 bits per heavy atom. The number of alkyl halides is 2. The number of hydrogen-bond acceptors (Lipinski definition) is 4. The van der Waals surface area contributed by atoms with E-state index in [-0.39, 0.29) is 21.8 Å². The van der Waals surface area contributed by atoms with Crippen LogP contribution in [0.5, 0.6) is 5.75 Å². The predicted molar refractivity (Wildman–Crippen MR) is 56.4 cm³/mol. The van der Waals surface area contributed by atoms with Crippen LogP contribution in [0.4, 0.5) is 8.78 Å². The third-order valence-electron chi connectivity index (χ3n) is 1.86. The SMILES string of the molecule is N#Cc1cc(CC(=O)O)c(OC(F)F)cc1S. The first-order valence-corrected chi connectivity index (χ1v) is 4.81. The van der Waals surface area contributed by atoms with Gasteiger partial charge in [0, 0.05) is 10.5 Å². The summed E-state index contributed by atoms with van der Waals surface area (Å²) < 4.78 is 28.4. The molecule has 0 saturated heterocycles. The van der Waals surface area contributed by atoms with Gasteiger partial charge in [-0.3, -0.25) is 4.79 Å². The number of nitrogens with zero attached hydrogens (tertiary/aromatic N) is 1. The number of carboxylic acid groups (broad SMARTS) is 1. The molecule has 0 unspecified atom stereocenters. The second-order valence-electron chi connectivity index (χ2n) is 3.04. The van der Waals surface area contributed by atoms with Crippen molar-refractivity contribution in [3.8, 4) is 11.8 Å². The van der Waals surface area contributed by atoms with Crippen molar-refractivity contribution in [2.75, 3.05) is 0 Å². The highest BCUT2D eigenvalue weighted by molar-refractivity contribution is 7.80. The number of aliphatic carboxylic acids is 1. The molecule has 0 fully saturated rings. The first-order valence-electron chi connectivity index (χ1n) is 4.36. The molecular formula is C10H7F2NO3S. The summed E-state index contributed by atoms with van der Waals surface area (Å²) >= 11 is 3.91. The van der Waals surface area contributed by atoms with E-state index in [1.54, 1.807) is 6.07 Å². The normalized spacial score (nSPS) is 10.1. The summed E-state index contributed by atoms with van der Waals surface area (Å²) in [7, 11) is 0. The summed E-state index contributed by atoms with van der Waals surface area (Å²) in [5.74, 6) is -1.49. The van der Waals surface area contributed by atoms with Gasteiger partial charge >= 0.3 is 12.6 Å². The third-order valence-corrected chi connectivity index (χ3v) is 2.23. The van der Waals surface area contributed by atoms with Crippen LogP contribution in [-0.2, 0) is 11.2 Å². The van der Waals surface area contributed by atoms with Crippen molar-refractivity contribution in [3.05, 3.63) is 23.3 Å². The number of halogens is 2. The number of thiol groups is 1. The summed E-state index contributed by atoms with van der Waals surface area (Å²) in [4.78, 5) is 10.7. The largest absolute Gasteiger partial charge is 0.481 e. The fourth-order valence-electron chi connectivity index (χ4n) is 1.21. The molecule has 90 valence electrons. The maximum absolute atomic E-state index is 12.1. The van der Waals surface area contributed by atoms with Gasteiger partial charge < -0.3 is 9.84 Å². The first-order chi connectivity index (χ1) is 7.93. The monoisotopic (exact) mass is 259 g/mol. The zero-order valence-electron chi connectivity index (χ0n) is 8.35. The lowest BCUT2D eigenvalue weighted by atomic mass is 10.1. The summed E-state index contributed by atoms with van der Waals surface area (Å²) in [5, 5.41) is 17.3. The van der Waals surface area contributed by atoms with Crippen molar-refractivity contribution >= 4 is 18.6 Å². The molecule has 0 aliphatic rings. The molecule has 7 heteroatoms. The van der Waals surface area contributed by atoms with Crippen molar-refractivity contribution in [2.45, 2.75) is 17.9 Å². The van der Waals surface area contributed by atoms with Crippen LogP contribution in [0.3, 0.4) is 0 Å². The summed E-state index contributed by atoms with van der Waals surface area (Å²) in [5.41, 5.74) is 0.110. The zero-order valence-corrected chi connectivity index (χ0v) is 9.25. The van der Waals surface area contributed by atoms with Crippen LogP contribution < -0.4 is 4.74 Å². The van der Waals surface area contributed by atoms with E-state index in [0.717, 1.165) is 6.07 Å². The molecule has 1 rings (SSSR count). The molecule has 17 heavy (non-hydrogen) atoms. The van der Waals surface area contributed by atoms with Crippen LogP contribution in [0.25, 0.3) is 0 Å². The maximum atomic E-state index is 12.1. The molecule has 0 atom stereocenters. The molecule has 0 heterocycles. The van der Waals surface area contributed by atoms with E-state index in [9.17, 15) is 13.6 Å². The molecule has 0 spiro atoms. The van der Waals surface area contributed by atoms with Crippen molar-refractivity contribution in [3.63, 3.8) is 0 Å². The van der Waals surface area contributed by atoms with Gasteiger partial charge in [-0.1, -0.05) is 0 Å². The maximum Gasteiger partial charge on any atom is 0.387 e. The summed E-state index contributed by atoms with van der Waals surface area (Å²) in [6, 6.07) is 4.06. The van der Waals surface area contributed by atoms with Crippen LogP contribution in [0.1, 0.15) is 11.1 Å². The van der Waals surface area contributed by atoms with Crippen LogP contribution in [0.15, 0.2) is 17.0 Å². The quantitative estimate of drug-likeness (QED) is 0.812. The summed E-state index contributed by atoms with van der Waals surface area (Å²) in [6.07, 6.45) is -0.509. The number of benzene rings is 1. The van der Waals surface area contributed by atoms with Crippen LogP contribution in [0, 0.1) is 11.3 Å². The Labute approximate surface area is 101 Å². The number of rotatable bonds is 4. The molecule has 0 bridgehead atoms. The highest BCUT2D eigenvalue weighted by Crippen LogP contribution is 2.27. The zero-order chi connectivity index (χ0) is 13.0. The van der Waals surface area contributed by atoms with Gasteiger partial charge in [0.1, 0.15) is 11.8 Å². The van der Waals surface area contributed by atoms with Crippen molar-refractivity contribution in [1.29, 1.82) is 5.26 Å². The Balaban J connectivity index is 3.21. The van der Waals surface area contributed by atoms with Gasteiger partial charge in [0.25, 0.3) is 0 Å². The molecule has 0 saturated carbocycles. The fraction of sp³-hybridized carbons (Fsp3) is 0.200. The molecule has 1 aromatic rings. The Kier molecular flexibility index (Phi) is 4.29. The van der Waals surface area contributed by atoms with Crippen LogP contribution in [0.2, 0.25) is 0 Å². The van der Waals surface area contributed by atoms with E-state index >= 15 is 0 Å². The second-order valence-corrected chi connectivity index (χ2v) is 3.52. The van der Waals surface area contributed by atoms with Gasteiger partial charge in [0.2, 0.25) is 0 Å². The lowest BCUT2D eigenvalue weighted by Gasteiger charge is -2.11. The Morgan fingerprint density at radius 2 is 2.24 bits per heavy atom. The molecule has 1 N–H and O–H groups in total. The van der Waals surface area contributed by atoms with E-state index in [2.05, 4.69) is 17.4 Å². The highest BCUT2D eigenvalue weighted by atomic mass is 32.1. The van der Waals surface area contributed by atoms with Gasteiger partial charge in [-0.2, -0.15) is 14.0 Å². The molecule has 0 amide bonds. The molecule has 4 nitrogen and oxygen atoms in total. The molecule has 0 aliphatic heterocycles. The van der Waals surface area contributed by atoms with E-state index in [4.69, 9.17) is 10.4 Å². The van der Waals surface area contributed by atoms with Crippen LogP contribution >= 0.6 is 12.6 Å². The Morgan fingerprint density at radius 3 is 2.71 bits per heavy atom. The minimum Gasteiger partial charge on any atom is -0.481 e. The lowest BCUT2D eigenvalue weighted by molar-refractivity contribution is -0.136. The Hall–Kier alpha value is -1.81. The molecule has 0 aromatic heterocycles. The van der Waals surface area contributed by atoms with Gasteiger partial charge in [-0.05, 0) is 12.1 Å². The van der Waals surface area contributed by atoms with Gasteiger partial charge in [0.05, 0.1) is 12.0 Å². The van der Waals surface area contributed by atoms with E-state index in [1.807, 2.05) is 0 Å². The minimum absolute atomic E-state index is 0.00662. The second kappa shape index (κ2) is 5.50. The smallest absolute Gasteiger partial charge is 0.387 e. The molecular weight excluding hydrogens is 252 g/mol.